The van der Waals surface area contributed by atoms with Crippen molar-refractivity contribution in [3.05, 3.63) is 78.4 Å². The highest BCUT2D eigenvalue weighted by atomic mass is 32.2. The Bertz CT molecular complexity index is 1540. The number of aryl methyl sites for hydroxylation is 1. The number of rotatable bonds is 12. The van der Waals surface area contributed by atoms with Gasteiger partial charge in [0.05, 0.1) is 36.5 Å². The van der Waals surface area contributed by atoms with Gasteiger partial charge in [0.2, 0.25) is 15.9 Å². The lowest BCUT2D eigenvalue weighted by molar-refractivity contribution is -0.120. The van der Waals surface area contributed by atoms with E-state index in [0.29, 0.717) is 49.4 Å². The number of hydrogen-bond acceptors (Lipinski definition) is 7. The second-order valence-electron chi connectivity index (χ2n) is 9.79. The lowest BCUT2D eigenvalue weighted by Gasteiger charge is -2.31. The van der Waals surface area contributed by atoms with Crippen LogP contribution in [0.3, 0.4) is 0 Å². The monoisotopic (exact) mass is 601 g/mol. The van der Waals surface area contributed by atoms with Crippen LogP contribution in [0, 0.1) is 5.92 Å². The predicted molar refractivity (Wildman–Crippen MR) is 158 cm³/mol. The molecule has 41 heavy (non-hydrogen) atoms. The predicted octanol–water partition coefficient (Wildman–Crippen LogP) is 4.12. The van der Waals surface area contributed by atoms with Crippen molar-refractivity contribution < 1.29 is 31.1 Å². The minimum absolute atomic E-state index is 0.00110. The fourth-order valence-electron chi connectivity index (χ4n) is 4.69. The van der Waals surface area contributed by atoms with Crippen LogP contribution in [0.1, 0.15) is 24.8 Å². The number of piperidine rings is 1. The van der Waals surface area contributed by atoms with Crippen molar-refractivity contribution in [2.45, 2.75) is 30.6 Å². The number of methoxy groups -OCH3 is 2. The average molecular weight is 602 g/mol. The summed E-state index contributed by atoms with van der Waals surface area (Å²) in [6.07, 6.45) is 2.34. The van der Waals surface area contributed by atoms with Gasteiger partial charge in [0.25, 0.3) is 10.0 Å². The third kappa shape index (κ3) is 7.99. The lowest BCUT2D eigenvalue weighted by atomic mass is 9.99. The summed E-state index contributed by atoms with van der Waals surface area (Å²) in [5.41, 5.74) is 1.76. The second-order valence-corrected chi connectivity index (χ2v) is 13.6. The molecule has 12 heteroatoms. The molecule has 10 nitrogen and oxygen atoms in total. The molecule has 220 valence electrons. The maximum absolute atomic E-state index is 13.0. The van der Waals surface area contributed by atoms with E-state index in [1.807, 2.05) is 30.3 Å². The van der Waals surface area contributed by atoms with Gasteiger partial charge in [0.1, 0.15) is 11.5 Å². The average Bonchev–Trinajstić information content (AvgIpc) is 2.98. The first kappa shape index (κ1) is 30.4. The molecule has 1 saturated heterocycles. The normalized spacial score (nSPS) is 16.1. The molecule has 0 bridgehead atoms. The standard InChI is InChI=1S/C29H35N3O7S2/c1-38-25-14-17-27(28(20-25)39-2)31-41(36,37)26-15-12-24(13-16-26)30-29(33)23-11-6-18-32(21-23)40(34,35)19-7-10-22-8-4-3-5-9-22/h3-5,8-9,12-17,20,23,31H,6-7,10-11,18-19,21H2,1-2H3,(H,30,33)/t23-/m0/s1. The van der Waals surface area contributed by atoms with Crippen LogP contribution in [-0.2, 0) is 31.3 Å². The van der Waals surface area contributed by atoms with Gasteiger partial charge in [-0.3, -0.25) is 9.52 Å². The zero-order valence-corrected chi connectivity index (χ0v) is 24.7. The Morgan fingerprint density at radius 3 is 2.37 bits per heavy atom. The van der Waals surface area contributed by atoms with E-state index in [1.54, 1.807) is 18.2 Å². The van der Waals surface area contributed by atoms with Crippen molar-refractivity contribution in [1.29, 1.82) is 0 Å². The number of ether oxygens (including phenoxy) is 2. The third-order valence-electron chi connectivity index (χ3n) is 6.94. The molecule has 0 saturated carbocycles. The molecule has 1 aliphatic heterocycles. The number of sulfonamides is 2. The molecule has 0 radical (unpaired) electrons. The first-order chi connectivity index (χ1) is 19.6. The highest BCUT2D eigenvalue weighted by molar-refractivity contribution is 7.92. The van der Waals surface area contributed by atoms with E-state index in [4.69, 9.17) is 9.47 Å². The van der Waals surface area contributed by atoms with E-state index < -0.39 is 26.0 Å². The summed E-state index contributed by atoms with van der Waals surface area (Å²) in [7, 11) is -4.50. The molecule has 1 fully saturated rings. The zero-order valence-electron chi connectivity index (χ0n) is 23.1. The van der Waals surface area contributed by atoms with Crippen molar-refractivity contribution in [2.75, 3.05) is 43.1 Å². The number of nitrogens with zero attached hydrogens (tertiary/aromatic N) is 1. The SMILES string of the molecule is COc1ccc(NS(=O)(=O)c2ccc(NC(=O)[C@H]3CCCN(S(=O)(=O)CCCc4ccccc4)C3)cc2)c(OC)c1. The summed E-state index contributed by atoms with van der Waals surface area (Å²) in [5.74, 6) is 0.0529. The minimum Gasteiger partial charge on any atom is -0.497 e. The zero-order chi connectivity index (χ0) is 29.5. The Morgan fingerprint density at radius 2 is 1.68 bits per heavy atom. The van der Waals surface area contributed by atoms with Gasteiger partial charge < -0.3 is 14.8 Å². The molecule has 3 aromatic rings. The second kappa shape index (κ2) is 13.4. The van der Waals surface area contributed by atoms with Crippen LogP contribution in [0.5, 0.6) is 11.5 Å². The molecule has 0 spiro atoms. The highest BCUT2D eigenvalue weighted by Crippen LogP contribution is 2.31. The van der Waals surface area contributed by atoms with E-state index in [-0.39, 0.29) is 28.8 Å². The van der Waals surface area contributed by atoms with Gasteiger partial charge >= 0.3 is 0 Å². The van der Waals surface area contributed by atoms with Gasteiger partial charge in [-0.25, -0.2) is 21.1 Å². The fourth-order valence-corrected chi connectivity index (χ4v) is 7.34. The van der Waals surface area contributed by atoms with E-state index in [0.717, 1.165) is 5.56 Å². The summed E-state index contributed by atoms with van der Waals surface area (Å²) < 4.78 is 66.1. The van der Waals surface area contributed by atoms with Gasteiger partial charge in [-0.2, -0.15) is 0 Å². The third-order valence-corrected chi connectivity index (χ3v) is 10.2. The fraction of sp³-hybridized carbons (Fsp3) is 0.345. The summed E-state index contributed by atoms with van der Waals surface area (Å²) in [5, 5.41) is 2.80. The maximum atomic E-state index is 13.0. The van der Waals surface area contributed by atoms with Crippen LogP contribution in [0.4, 0.5) is 11.4 Å². The van der Waals surface area contributed by atoms with Crippen molar-refractivity contribution in [1.82, 2.24) is 4.31 Å². The summed E-state index contributed by atoms with van der Waals surface area (Å²) in [6.45, 7) is 0.523. The number of benzene rings is 3. The quantitative estimate of drug-likeness (QED) is 0.319. The van der Waals surface area contributed by atoms with Crippen LogP contribution < -0.4 is 19.5 Å². The molecular weight excluding hydrogens is 566 g/mol. The minimum atomic E-state index is -3.94. The largest absolute Gasteiger partial charge is 0.497 e. The first-order valence-corrected chi connectivity index (χ1v) is 16.4. The van der Waals surface area contributed by atoms with E-state index in [1.165, 1.54) is 42.8 Å². The molecule has 0 aliphatic carbocycles. The molecule has 2 N–H and O–H groups in total. The van der Waals surface area contributed by atoms with E-state index in [9.17, 15) is 21.6 Å². The van der Waals surface area contributed by atoms with E-state index in [2.05, 4.69) is 10.0 Å². The van der Waals surface area contributed by atoms with Crippen molar-refractivity contribution in [2.24, 2.45) is 5.92 Å². The number of nitrogens with one attached hydrogen (secondary N) is 2. The number of carbonyl (C=O) groups is 1. The van der Waals surface area contributed by atoms with Crippen LogP contribution in [0.2, 0.25) is 0 Å². The number of anilines is 2. The highest BCUT2D eigenvalue weighted by Gasteiger charge is 2.32. The number of amides is 1. The van der Waals surface area contributed by atoms with E-state index >= 15 is 0 Å². The summed E-state index contributed by atoms with van der Waals surface area (Å²) in [4.78, 5) is 13.0. The molecule has 1 atom stereocenters. The van der Waals surface area contributed by atoms with Gasteiger partial charge in [0, 0.05) is 24.8 Å². The summed E-state index contributed by atoms with van der Waals surface area (Å²) >= 11 is 0. The van der Waals surface area contributed by atoms with Crippen molar-refractivity contribution in [3.63, 3.8) is 0 Å². The lowest BCUT2D eigenvalue weighted by Crippen LogP contribution is -2.44. The molecule has 1 amide bonds. The van der Waals surface area contributed by atoms with Gasteiger partial charge in [-0.15, -0.1) is 0 Å². The van der Waals surface area contributed by atoms with Gasteiger partial charge in [-0.05, 0) is 67.6 Å². The van der Waals surface area contributed by atoms with Crippen LogP contribution in [0.25, 0.3) is 0 Å². The molecule has 1 aliphatic rings. The molecule has 0 aromatic heterocycles. The maximum Gasteiger partial charge on any atom is 0.262 e. The molecular formula is C29H35N3O7S2. The Kier molecular flexibility index (Phi) is 9.90. The van der Waals surface area contributed by atoms with Crippen LogP contribution in [-0.4, -0.2) is 60.1 Å². The Labute approximate surface area is 241 Å². The number of hydrogen-bond donors (Lipinski definition) is 2. The van der Waals surface area contributed by atoms with Gasteiger partial charge in [-0.1, -0.05) is 30.3 Å². The van der Waals surface area contributed by atoms with Crippen LogP contribution in [0.15, 0.2) is 77.7 Å². The number of carbonyl (C=O) groups excluding carboxylic acids is 1. The molecule has 1 heterocycles. The molecule has 4 rings (SSSR count). The van der Waals surface area contributed by atoms with Crippen LogP contribution >= 0.6 is 0 Å². The Hall–Kier alpha value is -3.61. The Morgan fingerprint density at radius 1 is 0.951 bits per heavy atom. The molecule has 3 aromatic carbocycles. The van der Waals surface area contributed by atoms with Gasteiger partial charge in [0.15, 0.2) is 0 Å². The Balaban J connectivity index is 1.34. The topological polar surface area (TPSA) is 131 Å². The summed E-state index contributed by atoms with van der Waals surface area (Å²) in [6, 6.07) is 20.2. The smallest absolute Gasteiger partial charge is 0.262 e. The molecule has 0 unspecified atom stereocenters. The van der Waals surface area contributed by atoms with Crippen molar-refractivity contribution in [3.8, 4) is 11.5 Å². The first-order valence-electron chi connectivity index (χ1n) is 13.3. The van der Waals surface area contributed by atoms with Crippen molar-refractivity contribution >= 4 is 37.3 Å².